The van der Waals surface area contributed by atoms with Crippen LogP contribution in [0.2, 0.25) is 0 Å². The molecule has 0 spiro atoms. The van der Waals surface area contributed by atoms with E-state index in [0.29, 0.717) is 6.42 Å². The molecule has 2 nitrogen and oxygen atoms in total. The average Bonchev–Trinajstić information content (AvgIpc) is 3.00. The van der Waals surface area contributed by atoms with Crippen molar-refractivity contribution in [3.8, 4) is 6.07 Å². The van der Waals surface area contributed by atoms with Gasteiger partial charge in [-0.05, 0) is 24.0 Å². The minimum atomic E-state index is -0.00876. The van der Waals surface area contributed by atoms with Gasteiger partial charge in [0.05, 0.1) is 18.1 Å². The van der Waals surface area contributed by atoms with Crippen LogP contribution in [0, 0.1) is 11.3 Å². The topological polar surface area (TPSA) is 33.0 Å². The molecule has 2 heteroatoms. The maximum Gasteiger partial charge on any atom is 0.0929 e. The smallest absolute Gasteiger partial charge is 0.0929 e. The highest BCUT2D eigenvalue weighted by molar-refractivity contribution is 5.32. The van der Waals surface area contributed by atoms with E-state index in [1.807, 2.05) is 12.1 Å². The summed E-state index contributed by atoms with van der Waals surface area (Å²) in [5.74, 6) is 0. The first-order valence-corrected chi connectivity index (χ1v) is 4.82. The molecule has 0 unspecified atom stereocenters. The zero-order valence-corrected chi connectivity index (χ0v) is 8.29. The van der Waals surface area contributed by atoms with Gasteiger partial charge in [-0.25, -0.2) is 0 Å². The molecule has 1 aromatic rings. The van der Waals surface area contributed by atoms with Gasteiger partial charge in [0, 0.05) is 7.11 Å². The third-order valence-corrected chi connectivity index (χ3v) is 2.86. The largest absolute Gasteiger partial charge is 0.374 e. The predicted octanol–water partition coefficient (Wildman–Crippen LogP) is 2.39. The zero-order valence-electron chi connectivity index (χ0n) is 8.29. The third kappa shape index (κ3) is 1.51. The molecule has 0 aliphatic heterocycles. The summed E-state index contributed by atoms with van der Waals surface area (Å²) in [7, 11) is 1.76. The summed E-state index contributed by atoms with van der Waals surface area (Å²) in [5, 5.41) is 8.53. The van der Waals surface area contributed by atoms with Crippen molar-refractivity contribution < 1.29 is 4.74 Å². The molecule has 1 fully saturated rings. The van der Waals surface area contributed by atoms with Crippen molar-refractivity contribution in [3.05, 3.63) is 35.4 Å². The number of methoxy groups -OCH3 is 1. The van der Waals surface area contributed by atoms with E-state index >= 15 is 0 Å². The Balaban J connectivity index is 2.19. The van der Waals surface area contributed by atoms with Gasteiger partial charge in [-0.2, -0.15) is 5.26 Å². The van der Waals surface area contributed by atoms with Gasteiger partial charge in [0.15, 0.2) is 0 Å². The number of nitriles is 1. The molecular formula is C12H13NO. The summed E-state index contributed by atoms with van der Waals surface area (Å²) in [5.41, 5.74) is 2.30. The van der Waals surface area contributed by atoms with Crippen LogP contribution in [0.5, 0.6) is 0 Å². The maximum atomic E-state index is 8.53. The Morgan fingerprint density at radius 3 is 2.43 bits per heavy atom. The number of ether oxygens (including phenoxy) is 1. The number of hydrogen-bond donors (Lipinski definition) is 0. The van der Waals surface area contributed by atoms with Crippen LogP contribution in [-0.4, -0.2) is 7.11 Å². The fourth-order valence-corrected chi connectivity index (χ4v) is 1.74. The van der Waals surface area contributed by atoms with Gasteiger partial charge in [-0.15, -0.1) is 0 Å². The predicted molar refractivity (Wildman–Crippen MR) is 53.7 cm³/mol. The van der Waals surface area contributed by atoms with Gasteiger partial charge < -0.3 is 4.74 Å². The van der Waals surface area contributed by atoms with Crippen molar-refractivity contribution in [2.45, 2.75) is 24.9 Å². The van der Waals surface area contributed by atoms with E-state index in [1.165, 1.54) is 5.56 Å². The Kier molecular flexibility index (Phi) is 2.26. The van der Waals surface area contributed by atoms with Crippen LogP contribution in [0.1, 0.15) is 24.0 Å². The summed E-state index contributed by atoms with van der Waals surface area (Å²) < 4.78 is 5.47. The summed E-state index contributed by atoms with van der Waals surface area (Å²) in [6, 6.07) is 10.3. The number of benzene rings is 1. The quantitative estimate of drug-likeness (QED) is 0.727. The lowest BCUT2D eigenvalue weighted by molar-refractivity contribution is 0.0789. The monoisotopic (exact) mass is 187 g/mol. The fourth-order valence-electron chi connectivity index (χ4n) is 1.74. The Hall–Kier alpha value is -1.33. The lowest BCUT2D eigenvalue weighted by Crippen LogP contribution is -2.08. The highest BCUT2D eigenvalue weighted by Gasteiger charge is 2.44. The fraction of sp³-hybridized carbons (Fsp3) is 0.417. The number of hydrogen-bond acceptors (Lipinski definition) is 2. The van der Waals surface area contributed by atoms with Crippen LogP contribution in [-0.2, 0) is 16.8 Å². The normalized spacial score (nSPS) is 17.4. The lowest BCUT2D eigenvalue weighted by atomic mass is 10.0. The first kappa shape index (κ1) is 9.23. The molecule has 1 saturated carbocycles. The van der Waals surface area contributed by atoms with Crippen LogP contribution < -0.4 is 0 Å². The molecule has 72 valence electrons. The summed E-state index contributed by atoms with van der Waals surface area (Å²) in [4.78, 5) is 0. The molecule has 14 heavy (non-hydrogen) atoms. The van der Waals surface area contributed by atoms with Gasteiger partial charge in [0.1, 0.15) is 0 Å². The number of rotatable bonds is 3. The van der Waals surface area contributed by atoms with E-state index in [-0.39, 0.29) is 5.60 Å². The van der Waals surface area contributed by atoms with Crippen molar-refractivity contribution in [1.29, 1.82) is 5.26 Å². The SMILES string of the molecule is COC1(c2ccc(CC#N)cc2)CC1. The van der Waals surface area contributed by atoms with Gasteiger partial charge in [0.2, 0.25) is 0 Å². The zero-order chi connectivity index (χ0) is 10.0. The molecule has 2 rings (SSSR count). The molecule has 0 aromatic heterocycles. The van der Waals surface area contributed by atoms with E-state index in [4.69, 9.17) is 10.00 Å². The second-order valence-corrected chi connectivity index (χ2v) is 3.73. The van der Waals surface area contributed by atoms with E-state index in [0.717, 1.165) is 18.4 Å². The molecule has 1 aliphatic rings. The molecule has 0 atom stereocenters. The highest BCUT2D eigenvalue weighted by Crippen LogP contribution is 2.48. The second-order valence-electron chi connectivity index (χ2n) is 3.73. The summed E-state index contributed by atoms with van der Waals surface area (Å²) in [6.45, 7) is 0. The Morgan fingerprint density at radius 1 is 1.36 bits per heavy atom. The van der Waals surface area contributed by atoms with Gasteiger partial charge in [-0.3, -0.25) is 0 Å². The minimum Gasteiger partial charge on any atom is -0.374 e. The molecule has 1 aromatic carbocycles. The van der Waals surface area contributed by atoms with Crippen molar-refractivity contribution in [1.82, 2.24) is 0 Å². The van der Waals surface area contributed by atoms with Crippen molar-refractivity contribution >= 4 is 0 Å². The van der Waals surface area contributed by atoms with Crippen molar-refractivity contribution in [2.75, 3.05) is 7.11 Å². The third-order valence-electron chi connectivity index (χ3n) is 2.86. The van der Waals surface area contributed by atoms with Crippen LogP contribution in [0.15, 0.2) is 24.3 Å². The van der Waals surface area contributed by atoms with Gasteiger partial charge in [-0.1, -0.05) is 24.3 Å². The van der Waals surface area contributed by atoms with Gasteiger partial charge in [0.25, 0.3) is 0 Å². The number of nitrogens with zero attached hydrogens (tertiary/aromatic N) is 1. The molecule has 0 bridgehead atoms. The Labute approximate surface area is 84.1 Å². The molecule has 0 saturated heterocycles. The second kappa shape index (κ2) is 3.43. The molecule has 0 N–H and O–H groups in total. The van der Waals surface area contributed by atoms with E-state index < -0.39 is 0 Å². The Bertz CT molecular complexity index is 357. The standard InChI is InChI=1S/C12H13NO/c1-14-12(7-8-12)11-4-2-10(3-5-11)6-9-13/h2-5H,6-8H2,1H3. The molecule has 0 heterocycles. The molecule has 1 aliphatic carbocycles. The van der Waals surface area contributed by atoms with Crippen LogP contribution >= 0.6 is 0 Å². The molecular weight excluding hydrogens is 174 g/mol. The average molecular weight is 187 g/mol. The van der Waals surface area contributed by atoms with Crippen LogP contribution in [0.25, 0.3) is 0 Å². The van der Waals surface area contributed by atoms with Crippen LogP contribution in [0.4, 0.5) is 0 Å². The molecule has 0 radical (unpaired) electrons. The maximum absolute atomic E-state index is 8.53. The first-order valence-electron chi connectivity index (χ1n) is 4.82. The highest BCUT2D eigenvalue weighted by atomic mass is 16.5. The van der Waals surface area contributed by atoms with Crippen molar-refractivity contribution in [3.63, 3.8) is 0 Å². The Morgan fingerprint density at radius 2 is 2.00 bits per heavy atom. The minimum absolute atomic E-state index is 0.00876. The summed E-state index contributed by atoms with van der Waals surface area (Å²) in [6.07, 6.45) is 2.71. The summed E-state index contributed by atoms with van der Waals surface area (Å²) >= 11 is 0. The van der Waals surface area contributed by atoms with E-state index in [9.17, 15) is 0 Å². The van der Waals surface area contributed by atoms with E-state index in [1.54, 1.807) is 7.11 Å². The van der Waals surface area contributed by atoms with Gasteiger partial charge >= 0.3 is 0 Å². The van der Waals surface area contributed by atoms with Crippen molar-refractivity contribution in [2.24, 2.45) is 0 Å². The van der Waals surface area contributed by atoms with E-state index in [2.05, 4.69) is 18.2 Å². The lowest BCUT2D eigenvalue weighted by Gasteiger charge is -2.13. The van der Waals surface area contributed by atoms with Crippen LogP contribution in [0.3, 0.4) is 0 Å². The first-order chi connectivity index (χ1) is 6.80. The molecule has 0 amide bonds.